The standard InChI is InChI=1S/C15H21FN2O5S/c1-4-5-10(2)18-14(19)9-23-15(20)12-8-11(6-7-13(12)16)24(21,22)17-3/h6-8,10,17H,4-5,9H2,1-3H3,(H,18,19). The Morgan fingerprint density at radius 1 is 1.33 bits per heavy atom. The second kappa shape index (κ2) is 8.74. The van der Waals surface area contributed by atoms with Gasteiger partial charge in [-0.1, -0.05) is 13.3 Å². The van der Waals surface area contributed by atoms with E-state index in [-0.39, 0.29) is 10.9 Å². The number of sulfonamides is 1. The van der Waals surface area contributed by atoms with Crippen LogP contribution in [0.1, 0.15) is 37.0 Å². The Labute approximate surface area is 140 Å². The van der Waals surface area contributed by atoms with Gasteiger partial charge in [-0.15, -0.1) is 0 Å². The zero-order valence-corrected chi connectivity index (χ0v) is 14.6. The van der Waals surface area contributed by atoms with Gasteiger partial charge in [-0.25, -0.2) is 22.3 Å². The van der Waals surface area contributed by atoms with Gasteiger partial charge in [0.25, 0.3) is 5.91 Å². The van der Waals surface area contributed by atoms with Gasteiger partial charge in [-0.05, 0) is 38.6 Å². The summed E-state index contributed by atoms with van der Waals surface area (Å²) < 4.78 is 43.9. The Bertz CT molecular complexity index is 706. The highest BCUT2D eigenvalue weighted by atomic mass is 32.2. The van der Waals surface area contributed by atoms with E-state index in [1.54, 1.807) is 0 Å². The van der Waals surface area contributed by atoms with Crippen molar-refractivity contribution in [1.29, 1.82) is 0 Å². The lowest BCUT2D eigenvalue weighted by atomic mass is 10.2. The second-order valence-corrected chi connectivity index (χ2v) is 7.07. The maximum atomic E-state index is 13.7. The fraction of sp³-hybridized carbons (Fsp3) is 0.467. The summed E-state index contributed by atoms with van der Waals surface area (Å²) in [7, 11) is -2.64. The third-order valence-electron chi connectivity index (χ3n) is 3.20. The molecule has 134 valence electrons. The van der Waals surface area contributed by atoms with E-state index in [4.69, 9.17) is 4.74 Å². The molecule has 0 radical (unpaired) electrons. The van der Waals surface area contributed by atoms with Gasteiger partial charge in [-0.2, -0.15) is 0 Å². The number of ether oxygens (including phenoxy) is 1. The van der Waals surface area contributed by atoms with Crippen LogP contribution >= 0.6 is 0 Å². The SMILES string of the molecule is CCCC(C)NC(=O)COC(=O)c1cc(S(=O)(=O)NC)ccc1F. The fourth-order valence-electron chi connectivity index (χ4n) is 1.98. The molecule has 1 aromatic rings. The molecule has 1 amide bonds. The molecule has 7 nitrogen and oxygen atoms in total. The molecule has 0 saturated heterocycles. The van der Waals surface area contributed by atoms with Gasteiger partial charge >= 0.3 is 5.97 Å². The summed E-state index contributed by atoms with van der Waals surface area (Å²) in [6.45, 7) is 3.21. The van der Waals surface area contributed by atoms with E-state index in [0.29, 0.717) is 0 Å². The van der Waals surface area contributed by atoms with Crippen LogP contribution in [0, 0.1) is 5.82 Å². The monoisotopic (exact) mass is 360 g/mol. The van der Waals surface area contributed by atoms with Gasteiger partial charge in [0.15, 0.2) is 6.61 Å². The maximum absolute atomic E-state index is 13.7. The van der Waals surface area contributed by atoms with Crippen molar-refractivity contribution < 1.29 is 27.1 Å². The van der Waals surface area contributed by atoms with E-state index in [1.165, 1.54) is 7.05 Å². The smallest absolute Gasteiger partial charge is 0.341 e. The van der Waals surface area contributed by atoms with E-state index in [2.05, 4.69) is 10.0 Å². The molecule has 1 atom stereocenters. The van der Waals surface area contributed by atoms with Gasteiger partial charge in [0.2, 0.25) is 10.0 Å². The van der Waals surface area contributed by atoms with Crippen molar-refractivity contribution in [3.63, 3.8) is 0 Å². The predicted molar refractivity (Wildman–Crippen MR) is 85.4 cm³/mol. The van der Waals surface area contributed by atoms with Crippen molar-refractivity contribution in [3.8, 4) is 0 Å². The van der Waals surface area contributed by atoms with Crippen LogP contribution in [-0.2, 0) is 19.6 Å². The number of halogens is 1. The molecule has 0 saturated carbocycles. The molecular weight excluding hydrogens is 339 g/mol. The third kappa shape index (κ3) is 5.57. The first-order valence-corrected chi connectivity index (χ1v) is 8.89. The van der Waals surface area contributed by atoms with Crippen LogP contribution in [-0.4, -0.2) is 40.0 Å². The summed E-state index contributed by atoms with van der Waals surface area (Å²) in [6.07, 6.45) is 1.66. The molecule has 0 aliphatic carbocycles. The highest BCUT2D eigenvalue weighted by Gasteiger charge is 2.20. The van der Waals surface area contributed by atoms with Crippen LogP contribution in [0.2, 0.25) is 0 Å². The zero-order chi connectivity index (χ0) is 18.3. The zero-order valence-electron chi connectivity index (χ0n) is 13.8. The lowest BCUT2D eigenvalue weighted by molar-refractivity contribution is -0.124. The molecule has 0 aliphatic rings. The van der Waals surface area contributed by atoms with Gasteiger partial charge in [0.05, 0.1) is 10.5 Å². The van der Waals surface area contributed by atoms with Crippen molar-refractivity contribution >= 4 is 21.9 Å². The number of carbonyl (C=O) groups excluding carboxylic acids is 2. The molecule has 0 aromatic heterocycles. The molecule has 0 aliphatic heterocycles. The first-order chi connectivity index (χ1) is 11.2. The summed E-state index contributed by atoms with van der Waals surface area (Å²) in [5, 5.41) is 2.63. The minimum Gasteiger partial charge on any atom is -0.452 e. The number of carbonyl (C=O) groups is 2. The summed E-state index contributed by atoms with van der Waals surface area (Å²) in [6, 6.07) is 2.67. The largest absolute Gasteiger partial charge is 0.452 e. The number of nitrogens with one attached hydrogen (secondary N) is 2. The molecule has 1 aromatic carbocycles. The van der Waals surface area contributed by atoms with Crippen LogP contribution in [0.3, 0.4) is 0 Å². The van der Waals surface area contributed by atoms with Crippen molar-refractivity contribution in [2.75, 3.05) is 13.7 Å². The van der Waals surface area contributed by atoms with Crippen molar-refractivity contribution in [2.45, 2.75) is 37.6 Å². The molecule has 1 rings (SSSR count). The number of esters is 1. The summed E-state index contributed by atoms with van der Waals surface area (Å²) in [4.78, 5) is 23.2. The Morgan fingerprint density at radius 3 is 2.58 bits per heavy atom. The Morgan fingerprint density at radius 2 is 2.00 bits per heavy atom. The van der Waals surface area contributed by atoms with Crippen molar-refractivity contribution in [3.05, 3.63) is 29.6 Å². The average Bonchev–Trinajstić information content (AvgIpc) is 2.53. The molecule has 0 bridgehead atoms. The highest BCUT2D eigenvalue weighted by Crippen LogP contribution is 2.16. The van der Waals surface area contributed by atoms with Crippen LogP contribution < -0.4 is 10.0 Å². The topological polar surface area (TPSA) is 102 Å². The van der Waals surface area contributed by atoms with Crippen LogP contribution in [0.5, 0.6) is 0 Å². The summed E-state index contributed by atoms with van der Waals surface area (Å²) >= 11 is 0. The third-order valence-corrected chi connectivity index (χ3v) is 4.61. The van der Waals surface area contributed by atoms with E-state index in [9.17, 15) is 22.4 Å². The number of rotatable bonds is 8. The first kappa shape index (κ1) is 20.0. The van der Waals surface area contributed by atoms with E-state index < -0.39 is 39.9 Å². The minimum absolute atomic E-state index is 0.0676. The molecule has 9 heteroatoms. The number of amides is 1. The molecule has 2 N–H and O–H groups in total. The number of benzene rings is 1. The van der Waals surface area contributed by atoms with Crippen LogP contribution in [0.25, 0.3) is 0 Å². The molecule has 0 heterocycles. The van der Waals surface area contributed by atoms with E-state index >= 15 is 0 Å². The average molecular weight is 360 g/mol. The fourth-order valence-corrected chi connectivity index (χ4v) is 2.73. The van der Waals surface area contributed by atoms with Gasteiger partial charge in [0, 0.05) is 6.04 Å². The van der Waals surface area contributed by atoms with Crippen LogP contribution in [0.15, 0.2) is 23.1 Å². The van der Waals surface area contributed by atoms with Crippen LogP contribution in [0.4, 0.5) is 4.39 Å². The van der Waals surface area contributed by atoms with Crippen molar-refractivity contribution in [2.24, 2.45) is 0 Å². The number of hydrogen-bond acceptors (Lipinski definition) is 5. The molecule has 0 fully saturated rings. The highest BCUT2D eigenvalue weighted by molar-refractivity contribution is 7.89. The lowest BCUT2D eigenvalue weighted by Crippen LogP contribution is -2.35. The normalized spacial score (nSPS) is 12.5. The minimum atomic E-state index is -3.83. The summed E-state index contributed by atoms with van der Waals surface area (Å²) in [5.41, 5.74) is -0.555. The molecule has 24 heavy (non-hydrogen) atoms. The number of hydrogen-bond donors (Lipinski definition) is 2. The lowest BCUT2D eigenvalue weighted by Gasteiger charge is -2.13. The second-order valence-electron chi connectivity index (χ2n) is 5.18. The Hall–Kier alpha value is -2.00. The molecule has 0 spiro atoms. The quantitative estimate of drug-likeness (QED) is 0.678. The Kier molecular flexibility index (Phi) is 7.30. The predicted octanol–water partition coefficient (Wildman–Crippen LogP) is 1.20. The van der Waals surface area contributed by atoms with Gasteiger partial charge in [0.1, 0.15) is 5.82 Å². The maximum Gasteiger partial charge on any atom is 0.341 e. The molecular formula is C15H21FN2O5S. The Balaban J connectivity index is 2.78. The van der Waals surface area contributed by atoms with Gasteiger partial charge < -0.3 is 10.1 Å². The molecule has 1 unspecified atom stereocenters. The summed E-state index contributed by atoms with van der Waals surface area (Å²) in [5.74, 6) is -2.56. The first-order valence-electron chi connectivity index (χ1n) is 7.40. The van der Waals surface area contributed by atoms with Gasteiger partial charge in [-0.3, -0.25) is 4.79 Å². The van der Waals surface area contributed by atoms with Crippen molar-refractivity contribution in [1.82, 2.24) is 10.0 Å². The van der Waals surface area contributed by atoms with E-state index in [0.717, 1.165) is 31.0 Å². The van der Waals surface area contributed by atoms with E-state index in [1.807, 2.05) is 13.8 Å².